The first kappa shape index (κ1) is 16.5. The maximum Gasteiger partial charge on any atom is 0.175 e. The lowest BCUT2D eigenvalue weighted by atomic mass is 10.1. The van der Waals surface area contributed by atoms with Gasteiger partial charge in [-0.1, -0.05) is 12.1 Å². The van der Waals surface area contributed by atoms with Crippen LogP contribution in [0, 0.1) is 0 Å². The molecule has 0 aromatic heterocycles. The SMILES string of the molecule is CSCCCNCC(O)c1ccc(S(C)(=O)=O)cc1. The molecule has 1 unspecified atom stereocenters. The largest absolute Gasteiger partial charge is 0.387 e. The summed E-state index contributed by atoms with van der Waals surface area (Å²) in [5, 5.41) is 13.1. The number of sulfone groups is 1. The van der Waals surface area contributed by atoms with Gasteiger partial charge in [0, 0.05) is 12.8 Å². The third kappa shape index (κ3) is 5.95. The number of thioether (sulfide) groups is 1. The van der Waals surface area contributed by atoms with Crippen molar-refractivity contribution in [3.05, 3.63) is 29.8 Å². The quantitative estimate of drug-likeness (QED) is 0.712. The van der Waals surface area contributed by atoms with Crippen molar-refractivity contribution in [3.63, 3.8) is 0 Å². The van der Waals surface area contributed by atoms with E-state index in [1.165, 1.54) is 18.4 Å². The van der Waals surface area contributed by atoms with Crippen molar-refractivity contribution in [2.45, 2.75) is 17.4 Å². The van der Waals surface area contributed by atoms with E-state index in [1.807, 2.05) is 0 Å². The van der Waals surface area contributed by atoms with Crippen LogP contribution in [0.5, 0.6) is 0 Å². The second kappa shape index (κ2) is 7.89. The van der Waals surface area contributed by atoms with Crippen molar-refractivity contribution in [1.82, 2.24) is 5.32 Å². The predicted octanol–water partition coefficient (Wildman–Crippen LogP) is 1.47. The lowest BCUT2D eigenvalue weighted by Gasteiger charge is -2.12. The average molecular weight is 303 g/mol. The molecule has 0 spiro atoms. The van der Waals surface area contributed by atoms with Gasteiger partial charge < -0.3 is 10.4 Å². The molecule has 0 aliphatic heterocycles. The van der Waals surface area contributed by atoms with Crippen LogP contribution in [0.15, 0.2) is 29.2 Å². The standard InChI is InChI=1S/C13H21NO3S2/c1-18-9-3-8-14-10-13(15)11-4-6-12(7-5-11)19(2,16)17/h4-7,13-15H,3,8-10H2,1-2H3. The van der Waals surface area contributed by atoms with E-state index in [0.29, 0.717) is 6.54 Å². The van der Waals surface area contributed by atoms with Crippen molar-refractivity contribution in [1.29, 1.82) is 0 Å². The van der Waals surface area contributed by atoms with Crippen LogP contribution in [0.2, 0.25) is 0 Å². The highest BCUT2D eigenvalue weighted by Crippen LogP contribution is 2.15. The van der Waals surface area contributed by atoms with E-state index in [4.69, 9.17) is 0 Å². The summed E-state index contributed by atoms with van der Waals surface area (Å²) in [7, 11) is -3.17. The molecule has 0 saturated carbocycles. The molecule has 1 aromatic rings. The van der Waals surface area contributed by atoms with Crippen LogP contribution in [-0.4, -0.2) is 44.9 Å². The second-order valence-corrected chi connectivity index (χ2v) is 7.41. The van der Waals surface area contributed by atoms with Crippen LogP contribution in [0.3, 0.4) is 0 Å². The molecule has 0 aliphatic carbocycles. The van der Waals surface area contributed by atoms with Crippen molar-refractivity contribution < 1.29 is 13.5 Å². The molecule has 1 rings (SSSR count). The van der Waals surface area contributed by atoms with Crippen LogP contribution in [0.1, 0.15) is 18.1 Å². The third-order valence-electron chi connectivity index (χ3n) is 2.73. The smallest absolute Gasteiger partial charge is 0.175 e. The maximum absolute atomic E-state index is 11.3. The van der Waals surface area contributed by atoms with E-state index in [-0.39, 0.29) is 4.90 Å². The number of aliphatic hydroxyl groups is 1. The molecule has 0 heterocycles. The molecule has 1 aromatic carbocycles. The Kier molecular flexibility index (Phi) is 6.85. The maximum atomic E-state index is 11.3. The zero-order valence-corrected chi connectivity index (χ0v) is 12.9. The summed E-state index contributed by atoms with van der Waals surface area (Å²) in [5.74, 6) is 1.10. The normalized spacial score (nSPS) is 13.4. The fourth-order valence-electron chi connectivity index (χ4n) is 1.64. The Bertz CT molecular complexity index is 471. The number of rotatable bonds is 8. The summed E-state index contributed by atoms with van der Waals surface area (Å²) < 4.78 is 22.6. The second-order valence-electron chi connectivity index (χ2n) is 4.41. The zero-order chi connectivity index (χ0) is 14.3. The van der Waals surface area contributed by atoms with E-state index >= 15 is 0 Å². The van der Waals surface area contributed by atoms with E-state index in [1.54, 1.807) is 23.9 Å². The molecule has 2 N–H and O–H groups in total. The van der Waals surface area contributed by atoms with Gasteiger partial charge in [-0.25, -0.2) is 8.42 Å². The molecule has 4 nitrogen and oxygen atoms in total. The van der Waals surface area contributed by atoms with Gasteiger partial charge in [0.1, 0.15) is 0 Å². The van der Waals surface area contributed by atoms with Crippen LogP contribution in [-0.2, 0) is 9.84 Å². The van der Waals surface area contributed by atoms with E-state index in [2.05, 4.69) is 11.6 Å². The minimum absolute atomic E-state index is 0.274. The number of nitrogens with one attached hydrogen (secondary N) is 1. The van der Waals surface area contributed by atoms with Gasteiger partial charge in [0.2, 0.25) is 0 Å². The highest BCUT2D eigenvalue weighted by Gasteiger charge is 2.10. The van der Waals surface area contributed by atoms with Crippen LogP contribution in [0.25, 0.3) is 0 Å². The van der Waals surface area contributed by atoms with Gasteiger partial charge in [0.05, 0.1) is 11.0 Å². The van der Waals surface area contributed by atoms with Gasteiger partial charge in [-0.05, 0) is 42.7 Å². The fraction of sp³-hybridized carbons (Fsp3) is 0.538. The molecule has 0 amide bonds. The molecule has 0 aliphatic rings. The molecule has 0 fully saturated rings. The molecule has 0 saturated heterocycles. The molecule has 0 radical (unpaired) electrons. The Morgan fingerprint density at radius 3 is 2.47 bits per heavy atom. The molecule has 0 bridgehead atoms. The average Bonchev–Trinajstić information content (AvgIpc) is 2.37. The van der Waals surface area contributed by atoms with Gasteiger partial charge >= 0.3 is 0 Å². The van der Waals surface area contributed by atoms with E-state index in [0.717, 1.165) is 24.3 Å². The lowest BCUT2D eigenvalue weighted by Crippen LogP contribution is -2.22. The highest BCUT2D eigenvalue weighted by molar-refractivity contribution is 7.98. The van der Waals surface area contributed by atoms with E-state index in [9.17, 15) is 13.5 Å². The summed E-state index contributed by atoms with van der Waals surface area (Å²) in [6.45, 7) is 1.35. The first-order valence-electron chi connectivity index (χ1n) is 6.13. The first-order chi connectivity index (χ1) is 8.95. The number of aliphatic hydroxyl groups excluding tert-OH is 1. The summed E-state index contributed by atoms with van der Waals surface area (Å²) >= 11 is 1.80. The minimum Gasteiger partial charge on any atom is -0.387 e. The Morgan fingerprint density at radius 2 is 1.95 bits per heavy atom. The molecule has 6 heteroatoms. The molecular weight excluding hydrogens is 282 g/mol. The van der Waals surface area contributed by atoms with Crippen LogP contribution < -0.4 is 5.32 Å². The van der Waals surface area contributed by atoms with Gasteiger partial charge in [-0.15, -0.1) is 0 Å². The Hall–Kier alpha value is -0.560. The molecule has 1 atom stereocenters. The summed E-state index contributed by atoms with van der Waals surface area (Å²) in [6.07, 6.45) is 3.70. The third-order valence-corrected chi connectivity index (χ3v) is 4.56. The topological polar surface area (TPSA) is 66.4 Å². The molecular formula is C13H21NO3S2. The van der Waals surface area contributed by atoms with Crippen molar-refractivity contribution >= 4 is 21.6 Å². The Balaban J connectivity index is 2.47. The van der Waals surface area contributed by atoms with Gasteiger partial charge in [0.25, 0.3) is 0 Å². The lowest BCUT2D eigenvalue weighted by molar-refractivity contribution is 0.175. The Labute approximate surface area is 119 Å². The van der Waals surface area contributed by atoms with Crippen molar-refractivity contribution in [2.24, 2.45) is 0 Å². The Morgan fingerprint density at radius 1 is 1.32 bits per heavy atom. The summed E-state index contributed by atoms with van der Waals surface area (Å²) in [4.78, 5) is 0.274. The fourth-order valence-corrected chi connectivity index (χ4v) is 2.70. The van der Waals surface area contributed by atoms with Crippen molar-refractivity contribution in [3.8, 4) is 0 Å². The summed E-state index contributed by atoms with van der Waals surface area (Å²) in [5.41, 5.74) is 0.727. The molecule has 108 valence electrons. The number of benzene rings is 1. The minimum atomic E-state index is -3.17. The number of hydrogen-bond acceptors (Lipinski definition) is 5. The number of hydrogen-bond donors (Lipinski definition) is 2. The van der Waals surface area contributed by atoms with Gasteiger partial charge in [-0.2, -0.15) is 11.8 Å². The van der Waals surface area contributed by atoms with Gasteiger partial charge in [-0.3, -0.25) is 0 Å². The highest BCUT2D eigenvalue weighted by atomic mass is 32.2. The van der Waals surface area contributed by atoms with Crippen LogP contribution >= 0.6 is 11.8 Å². The first-order valence-corrected chi connectivity index (χ1v) is 9.41. The monoisotopic (exact) mass is 303 g/mol. The molecule has 19 heavy (non-hydrogen) atoms. The summed E-state index contributed by atoms with van der Waals surface area (Å²) in [6, 6.07) is 6.37. The predicted molar refractivity (Wildman–Crippen MR) is 80.4 cm³/mol. The van der Waals surface area contributed by atoms with Crippen LogP contribution in [0.4, 0.5) is 0 Å². The van der Waals surface area contributed by atoms with E-state index < -0.39 is 15.9 Å². The van der Waals surface area contributed by atoms with Crippen molar-refractivity contribution in [2.75, 3.05) is 31.4 Å². The van der Waals surface area contributed by atoms with Gasteiger partial charge in [0.15, 0.2) is 9.84 Å². The zero-order valence-electron chi connectivity index (χ0n) is 11.3.